The first-order valence-electron chi connectivity index (χ1n) is 5.23. The highest BCUT2D eigenvalue weighted by atomic mass is 79.9. The quantitative estimate of drug-likeness (QED) is 0.792. The third-order valence-electron chi connectivity index (χ3n) is 2.55. The van der Waals surface area contributed by atoms with Gasteiger partial charge in [-0.15, -0.1) is 0 Å². The van der Waals surface area contributed by atoms with Gasteiger partial charge in [0, 0.05) is 14.5 Å². The molecule has 1 unspecified atom stereocenters. The Bertz CT molecular complexity index is 409. The number of hydrogen-bond acceptors (Lipinski definition) is 2. The lowest BCUT2D eigenvalue weighted by Gasteiger charge is -2.06. The van der Waals surface area contributed by atoms with Gasteiger partial charge in [-0.25, -0.2) is 4.99 Å². The zero-order valence-electron chi connectivity index (χ0n) is 9.21. The third kappa shape index (κ3) is 2.66. The summed E-state index contributed by atoms with van der Waals surface area (Å²) in [4.78, 5) is 4.59. The lowest BCUT2D eigenvalue weighted by molar-refractivity contribution is 0.292. The van der Waals surface area contributed by atoms with Gasteiger partial charge in [0.05, 0.1) is 6.04 Å². The molecule has 1 aliphatic heterocycles. The van der Waals surface area contributed by atoms with Crippen molar-refractivity contribution in [2.45, 2.75) is 19.9 Å². The van der Waals surface area contributed by atoms with Gasteiger partial charge in [0.15, 0.2) is 0 Å². The zero-order valence-corrected chi connectivity index (χ0v) is 12.4. The molecule has 4 heteroatoms. The first kappa shape index (κ1) is 12.1. The van der Waals surface area contributed by atoms with E-state index in [1.54, 1.807) is 0 Å². The van der Waals surface area contributed by atoms with E-state index in [9.17, 15) is 0 Å². The monoisotopic (exact) mass is 345 g/mol. The van der Waals surface area contributed by atoms with Crippen LogP contribution >= 0.6 is 31.9 Å². The highest BCUT2D eigenvalue weighted by Gasteiger charge is 2.22. The van der Waals surface area contributed by atoms with Gasteiger partial charge < -0.3 is 4.74 Å². The number of rotatable bonds is 2. The van der Waals surface area contributed by atoms with Gasteiger partial charge in [-0.1, -0.05) is 45.7 Å². The predicted octanol–water partition coefficient (Wildman–Crippen LogP) is 4.01. The van der Waals surface area contributed by atoms with E-state index in [0.717, 1.165) is 20.4 Å². The van der Waals surface area contributed by atoms with Crippen LogP contribution in [0.25, 0.3) is 0 Å². The van der Waals surface area contributed by atoms with Crippen LogP contribution in [0, 0.1) is 5.92 Å². The molecule has 1 atom stereocenters. The molecule has 2 rings (SSSR count). The summed E-state index contributed by atoms with van der Waals surface area (Å²) < 4.78 is 7.68. The van der Waals surface area contributed by atoms with Gasteiger partial charge in [-0.2, -0.15) is 0 Å². The van der Waals surface area contributed by atoms with Gasteiger partial charge in [0.25, 0.3) is 0 Å². The number of hydrogen-bond donors (Lipinski definition) is 0. The van der Waals surface area contributed by atoms with Crippen molar-refractivity contribution in [3.05, 3.63) is 32.7 Å². The summed E-state index contributed by atoms with van der Waals surface area (Å²) >= 11 is 6.93. The molecule has 86 valence electrons. The summed E-state index contributed by atoms with van der Waals surface area (Å²) in [5.41, 5.74) is 1.02. The highest BCUT2D eigenvalue weighted by molar-refractivity contribution is 9.11. The molecule has 0 amide bonds. The molecule has 0 saturated heterocycles. The largest absolute Gasteiger partial charge is 0.475 e. The maximum absolute atomic E-state index is 5.63. The smallest absolute Gasteiger partial charge is 0.216 e. The molecule has 0 aromatic heterocycles. The molecule has 0 spiro atoms. The van der Waals surface area contributed by atoms with Crippen molar-refractivity contribution in [1.82, 2.24) is 0 Å². The standard InChI is InChI=1S/C12H13Br2NO/c1-7(2)11-6-16-12(15-11)8-3-9(13)5-10(14)4-8/h3-5,7,11H,6H2,1-2H3. The molecule has 1 aliphatic rings. The molecule has 2 nitrogen and oxygen atoms in total. The van der Waals surface area contributed by atoms with Crippen LogP contribution in [0.3, 0.4) is 0 Å². The van der Waals surface area contributed by atoms with Crippen LogP contribution in [-0.4, -0.2) is 18.5 Å². The minimum absolute atomic E-state index is 0.285. The fourth-order valence-corrected chi connectivity index (χ4v) is 2.86. The minimum atomic E-state index is 0.285. The second-order valence-corrected chi connectivity index (χ2v) is 6.05. The first-order valence-corrected chi connectivity index (χ1v) is 6.82. The van der Waals surface area contributed by atoms with Crippen LogP contribution in [-0.2, 0) is 4.74 Å². The molecule has 1 heterocycles. The number of ether oxygens (including phenoxy) is 1. The number of nitrogens with zero attached hydrogens (tertiary/aromatic N) is 1. The van der Waals surface area contributed by atoms with Crippen molar-refractivity contribution in [1.29, 1.82) is 0 Å². The zero-order chi connectivity index (χ0) is 11.7. The second kappa shape index (κ2) is 4.88. The second-order valence-electron chi connectivity index (χ2n) is 4.21. The summed E-state index contributed by atoms with van der Waals surface area (Å²) in [6.45, 7) is 5.02. The van der Waals surface area contributed by atoms with E-state index in [4.69, 9.17) is 4.74 Å². The minimum Gasteiger partial charge on any atom is -0.475 e. The van der Waals surface area contributed by atoms with Crippen molar-refractivity contribution < 1.29 is 4.74 Å². The molecule has 16 heavy (non-hydrogen) atoms. The normalized spacial score (nSPS) is 19.8. The van der Waals surface area contributed by atoms with E-state index in [2.05, 4.69) is 50.7 Å². The predicted molar refractivity (Wildman–Crippen MR) is 73.0 cm³/mol. The molecule has 1 aromatic rings. The Balaban J connectivity index is 2.28. The van der Waals surface area contributed by atoms with Gasteiger partial charge in [0.2, 0.25) is 5.90 Å². The summed E-state index contributed by atoms with van der Waals surface area (Å²) in [6, 6.07) is 6.32. The molecule has 0 radical (unpaired) electrons. The molecule has 0 bridgehead atoms. The van der Waals surface area contributed by atoms with Crippen LogP contribution in [0.15, 0.2) is 32.1 Å². The number of benzene rings is 1. The van der Waals surface area contributed by atoms with Crippen molar-refractivity contribution in [2.75, 3.05) is 6.61 Å². The Morgan fingerprint density at radius 1 is 1.25 bits per heavy atom. The Morgan fingerprint density at radius 2 is 1.88 bits per heavy atom. The third-order valence-corrected chi connectivity index (χ3v) is 3.47. The average molecular weight is 347 g/mol. The van der Waals surface area contributed by atoms with Crippen molar-refractivity contribution in [2.24, 2.45) is 10.9 Å². The number of aliphatic imine (C=N–C) groups is 1. The van der Waals surface area contributed by atoms with Gasteiger partial charge in [0.1, 0.15) is 6.61 Å². The van der Waals surface area contributed by atoms with Crippen LogP contribution in [0.4, 0.5) is 0 Å². The van der Waals surface area contributed by atoms with Gasteiger partial charge in [-0.3, -0.25) is 0 Å². The summed E-state index contributed by atoms with van der Waals surface area (Å²) in [6.07, 6.45) is 0. The van der Waals surface area contributed by atoms with Crippen molar-refractivity contribution >= 4 is 37.8 Å². The van der Waals surface area contributed by atoms with Crippen molar-refractivity contribution in [3.8, 4) is 0 Å². The van der Waals surface area contributed by atoms with Crippen LogP contribution in [0.2, 0.25) is 0 Å². The van der Waals surface area contributed by atoms with E-state index >= 15 is 0 Å². The summed E-state index contributed by atoms with van der Waals surface area (Å²) in [7, 11) is 0. The summed E-state index contributed by atoms with van der Waals surface area (Å²) in [5.74, 6) is 1.27. The van der Waals surface area contributed by atoms with Gasteiger partial charge in [-0.05, 0) is 24.1 Å². The average Bonchev–Trinajstić information content (AvgIpc) is 2.64. The molecular weight excluding hydrogens is 334 g/mol. The summed E-state index contributed by atoms with van der Waals surface area (Å²) in [5, 5.41) is 0. The Labute approximate surface area is 112 Å². The van der Waals surface area contributed by atoms with Crippen molar-refractivity contribution in [3.63, 3.8) is 0 Å². The maximum atomic E-state index is 5.63. The van der Waals surface area contributed by atoms with Crippen LogP contribution < -0.4 is 0 Å². The molecule has 0 aliphatic carbocycles. The van der Waals surface area contributed by atoms with E-state index in [-0.39, 0.29) is 6.04 Å². The fraction of sp³-hybridized carbons (Fsp3) is 0.417. The molecule has 1 aromatic carbocycles. The molecule has 0 N–H and O–H groups in total. The lowest BCUT2D eigenvalue weighted by atomic mass is 10.1. The highest BCUT2D eigenvalue weighted by Crippen LogP contribution is 2.24. The van der Waals surface area contributed by atoms with Crippen LogP contribution in [0.1, 0.15) is 19.4 Å². The molecule has 0 fully saturated rings. The number of halogens is 2. The van der Waals surface area contributed by atoms with Crippen LogP contribution in [0.5, 0.6) is 0 Å². The van der Waals surface area contributed by atoms with Gasteiger partial charge >= 0.3 is 0 Å². The van der Waals surface area contributed by atoms with E-state index in [1.165, 1.54) is 0 Å². The SMILES string of the molecule is CC(C)C1COC(c2cc(Br)cc(Br)c2)=N1. The lowest BCUT2D eigenvalue weighted by Crippen LogP contribution is -2.13. The Kier molecular flexibility index (Phi) is 3.70. The van der Waals surface area contributed by atoms with E-state index in [0.29, 0.717) is 12.5 Å². The molecular formula is C12H13Br2NO. The van der Waals surface area contributed by atoms with E-state index in [1.807, 2.05) is 18.2 Å². The molecule has 0 saturated carbocycles. The Hall–Kier alpha value is -0.350. The topological polar surface area (TPSA) is 21.6 Å². The Morgan fingerprint density at radius 3 is 2.38 bits per heavy atom. The van der Waals surface area contributed by atoms with E-state index < -0.39 is 0 Å². The maximum Gasteiger partial charge on any atom is 0.216 e. The fourth-order valence-electron chi connectivity index (χ4n) is 1.57. The first-order chi connectivity index (χ1) is 7.56.